The number of carbonyl (C=O) groups is 1. The number of carbonyl (C=O) groups excluding carboxylic acids is 1. The van der Waals surface area contributed by atoms with Gasteiger partial charge in [-0.05, 0) is 19.9 Å². The quantitative estimate of drug-likeness (QED) is 0.924. The fraction of sp³-hybridized carbons (Fsp3) is 0.467. The molecule has 122 valence electrons. The van der Waals surface area contributed by atoms with Crippen molar-refractivity contribution < 1.29 is 4.79 Å². The maximum Gasteiger partial charge on any atom is 0.317 e. The number of anilines is 1. The Morgan fingerprint density at radius 3 is 2.70 bits per heavy atom. The highest BCUT2D eigenvalue weighted by Gasteiger charge is 2.21. The van der Waals surface area contributed by atoms with Crippen molar-refractivity contribution in [3.63, 3.8) is 0 Å². The summed E-state index contributed by atoms with van der Waals surface area (Å²) in [6.07, 6.45) is 3.60. The molecule has 1 aliphatic heterocycles. The molecule has 0 atom stereocenters. The maximum absolute atomic E-state index is 12.2. The zero-order chi connectivity index (χ0) is 16.2. The predicted octanol–water partition coefficient (Wildman–Crippen LogP) is 1.58. The summed E-state index contributed by atoms with van der Waals surface area (Å²) in [6.45, 7) is 7.31. The molecule has 1 saturated heterocycles. The van der Waals surface area contributed by atoms with Gasteiger partial charge in [0, 0.05) is 43.4 Å². The molecular weight excluding hydrogens is 312 g/mol. The Bertz CT molecular complexity index is 680. The van der Waals surface area contributed by atoms with Crippen molar-refractivity contribution in [3.05, 3.63) is 34.2 Å². The Kier molecular flexibility index (Phi) is 4.71. The monoisotopic (exact) mass is 332 g/mol. The third-order valence-electron chi connectivity index (χ3n) is 3.71. The van der Waals surface area contributed by atoms with Crippen LogP contribution in [0.3, 0.4) is 0 Å². The smallest absolute Gasteiger partial charge is 0.317 e. The molecule has 23 heavy (non-hydrogen) atoms. The van der Waals surface area contributed by atoms with Crippen LogP contribution in [0.5, 0.6) is 0 Å². The number of hydrogen-bond acceptors (Lipinski definition) is 6. The highest BCUT2D eigenvalue weighted by atomic mass is 32.1. The zero-order valence-electron chi connectivity index (χ0n) is 13.3. The Morgan fingerprint density at radius 1 is 1.26 bits per heavy atom. The lowest BCUT2D eigenvalue weighted by Crippen LogP contribution is -2.51. The molecule has 0 unspecified atom stereocenters. The van der Waals surface area contributed by atoms with Gasteiger partial charge in [0.05, 0.1) is 6.54 Å². The van der Waals surface area contributed by atoms with Gasteiger partial charge in [0.1, 0.15) is 16.6 Å². The summed E-state index contributed by atoms with van der Waals surface area (Å²) in [7, 11) is 0. The first-order valence-corrected chi connectivity index (χ1v) is 8.42. The highest BCUT2D eigenvalue weighted by Crippen LogP contribution is 2.14. The van der Waals surface area contributed by atoms with E-state index in [-0.39, 0.29) is 6.03 Å². The summed E-state index contributed by atoms with van der Waals surface area (Å²) >= 11 is 1.61. The number of amides is 2. The Labute approximate surface area is 139 Å². The molecule has 0 aromatic carbocycles. The number of hydrogen-bond donors (Lipinski definition) is 1. The van der Waals surface area contributed by atoms with Crippen molar-refractivity contribution in [2.45, 2.75) is 20.4 Å². The van der Waals surface area contributed by atoms with E-state index < -0.39 is 0 Å². The zero-order valence-corrected chi connectivity index (χ0v) is 14.1. The van der Waals surface area contributed by atoms with E-state index in [4.69, 9.17) is 0 Å². The molecule has 3 rings (SSSR count). The van der Waals surface area contributed by atoms with E-state index in [1.807, 2.05) is 31.0 Å². The average molecular weight is 332 g/mol. The Balaban J connectivity index is 1.49. The summed E-state index contributed by atoms with van der Waals surface area (Å²) in [5.41, 5.74) is 0. The van der Waals surface area contributed by atoms with E-state index in [0.29, 0.717) is 19.6 Å². The van der Waals surface area contributed by atoms with Crippen LogP contribution in [-0.4, -0.2) is 52.1 Å². The van der Waals surface area contributed by atoms with E-state index in [0.717, 1.165) is 34.6 Å². The third-order valence-corrected chi connectivity index (χ3v) is 4.62. The van der Waals surface area contributed by atoms with Gasteiger partial charge in [-0.1, -0.05) is 0 Å². The highest BCUT2D eigenvalue weighted by molar-refractivity contribution is 7.11. The molecule has 2 aromatic rings. The summed E-state index contributed by atoms with van der Waals surface area (Å²) in [6, 6.07) is 1.88. The van der Waals surface area contributed by atoms with E-state index in [1.54, 1.807) is 17.5 Å². The lowest BCUT2D eigenvalue weighted by Gasteiger charge is -2.35. The first-order chi connectivity index (χ1) is 11.1. The van der Waals surface area contributed by atoms with Crippen molar-refractivity contribution in [1.82, 2.24) is 25.2 Å². The molecule has 1 aliphatic rings. The summed E-state index contributed by atoms with van der Waals surface area (Å²) < 4.78 is 0. The number of aryl methyl sites for hydroxylation is 2. The van der Waals surface area contributed by atoms with Gasteiger partial charge in [0.25, 0.3) is 0 Å². The first-order valence-electron chi connectivity index (χ1n) is 7.60. The number of thiazole rings is 1. The molecule has 0 spiro atoms. The number of urea groups is 1. The van der Waals surface area contributed by atoms with Crippen LogP contribution in [0.2, 0.25) is 0 Å². The molecule has 1 N–H and O–H groups in total. The molecule has 0 aliphatic carbocycles. The molecule has 3 heterocycles. The molecule has 1 fully saturated rings. The lowest BCUT2D eigenvalue weighted by atomic mass is 10.3. The molecule has 0 saturated carbocycles. The molecule has 7 nitrogen and oxygen atoms in total. The van der Waals surface area contributed by atoms with Crippen LogP contribution in [0.4, 0.5) is 10.6 Å². The lowest BCUT2D eigenvalue weighted by molar-refractivity contribution is 0.194. The number of piperazine rings is 1. The van der Waals surface area contributed by atoms with E-state index in [9.17, 15) is 4.79 Å². The predicted molar refractivity (Wildman–Crippen MR) is 89.6 cm³/mol. The van der Waals surface area contributed by atoms with Crippen molar-refractivity contribution in [2.75, 3.05) is 31.1 Å². The normalized spacial score (nSPS) is 14.9. The SMILES string of the molecule is Cc1nccc(N2CCN(C(=O)NCc3ncc(C)s3)CC2)n1. The molecular formula is C15H20N6OS. The molecule has 2 aromatic heterocycles. The van der Waals surface area contributed by atoms with Crippen LogP contribution in [0.15, 0.2) is 18.5 Å². The fourth-order valence-electron chi connectivity index (χ4n) is 2.50. The van der Waals surface area contributed by atoms with Crippen LogP contribution in [-0.2, 0) is 6.54 Å². The number of nitrogens with one attached hydrogen (secondary N) is 1. The Morgan fingerprint density at radius 2 is 2.04 bits per heavy atom. The van der Waals surface area contributed by atoms with Crippen LogP contribution < -0.4 is 10.2 Å². The van der Waals surface area contributed by atoms with Gasteiger partial charge in [0.2, 0.25) is 0 Å². The van der Waals surface area contributed by atoms with Crippen molar-refractivity contribution in [1.29, 1.82) is 0 Å². The van der Waals surface area contributed by atoms with Gasteiger partial charge < -0.3 is 15.1 Å². The van der Waals surface area contributed by atoms with Crippen LogP contribution >= 0.6 is 11.3 Å². The standard InChI is InChI=1S/C15H20N6OS/c1-11-9-17-14(23-11)10-18-15(22)21-7-5-20(6-8-21)13-3-4-16-12(2)19-13/h3-4,9H,5-8,10H2,1-2H3,(H,18,22). The average Bonchev–Trinajstić information content (AvgIpc) is 2.98. The second kappa shape index (κ2) is 6.91. The molecule has 2 amide bonds. The minimum absolute atomic E-state index is 0.0311. The number of aromatic nitrogens is 3. The number of nitrogens with zero attached hydrogens (tertiary/aromatic N) is 5. The maximum atomic E-state index is 12.2. The van der Waals surface area contributed by atoms with Gasteiger partial charge in [-0.2, -0.15) is 0 Å². The van der Waals surface area contributed by atoms with Crippen molar-refractivity contribution in [2.24, 2.45) is 0 Å². The molecule has 0 radical (unpaired) electrons. The second-order valence-corrected chi connectivity index (χ2v) is 6.78. The summed E-state index contributed by atoms with van der Waals surface area (Å²) in [5.74, 6) is 1.69. The van der Waals surface area contributed by atoms with E-state index >= 15 is 0 Å². The number of rotatable bonds is 3. The fourth-order valence-corrected chi connectivity index (χ4v) is 3.23. The first kappa shape index (κ1) is 15.7. The van der Waals surface area contributed by atoms with E-state index in [2.05, 4.69) is 25.2 Å². The largest absolute Gasteiger partial charge is 0.353 e. The topological polar surface area (TPSA) is 74.2 Å². The van der Waals surface area contributed by atoms with Gasteiger partial charge >= 0.3 is 6.03 Å². The molecule has 8 heteroatoms. The van der Waals surface area contributed by atoms with Gasteiger partial charge in [0.15, 0.2) is 0 Å². The van der Waals surface area contributed by atoms with Crippen LogP contribution in [0.1, 0.15) is 15.7 Å². The van der Waals surface area contributed by atoms with Crippen molar-refractivity contribution in [3.8, 4) is 0 Å². The van der Waals surface area contributed by atoms with E-state index in [1.165, 1.54) is 0 Å². The Hall–Kier alpha value is -2.22. The summed E-state index contributed by atoms with van der Waals surface area (Å²) in [4.78, 5) is 30.2. The summed E-state index contributed by atoms with van der Waals surface area (Å²) in [5, 5.41) is 3.87. The second-order valence-electron chi connectivity index (χ2n) is 5.46. The minimum Gasteiger partial charge on any atom is -0.353 e. The van der Waals surface area contributed by atoms with Gasteiger partial charge in [-0.25, -0.2) is 19.7 Å². The van der Waals surface area contributed by atoms with Crippen molar-refractivity contribution >= 4 is 23.2 Å². The minimum atomic E-state index is -0.0311. The van der Waals surface area contributed by atoms with Crippen LogP contribution in [0, 0.1) is 13.8 Å². The van der Waals surface area contributed by atoms with Crippen LogP contribution in [0.25, 0.3) is 0 Å². The third kappa shape index (κ3) is 3.95. The molecule has 0 bridgehead atoms. The van der Waals surface area contributed by atoms with Gasteiger partial charge in [-0.15, -0.1) is 11.3 Å². The van der Waals surface area contributed by atoms with Gasteiger partial charge in [-0.3, -0.25) is 0 Å².